The monoisotopic (exact) mass is 377 g/mol. The van der Waals surface area contributed by atoms with Gasteiger partial charge in [-0.05, 0) is 56.2 Å². The first kappa shape index (κ1) is 18.0. The summed E-state index contributed by atoms with van der Waals surface area (Å²) in [6.45, 7) is 3.40. The molecule has 0 saturated heterocycles. The van der Waals surface area contributed by atoms with Gasteiger partial charge in [-0.3, -0.25) is 0 Å². The maximum absolute atomic E-state index is 12.3. The Bertz CT molecular complexity index is 965. The number of anilines is 2. The minimum Gasteiger partial charge on any atom is -0.492 e. The van der Waals surface area contributed by atoms with Gasteiger partial charge >= 0.3 is 6.03 Å². The summed E-state index contributed by atoms with van der Waals surface area (Å²) in [5.41, 5.74) is 2.33. The number of rotatable bonds is 5. The highest BCUT2D eigenvalue weighted by atomic mass is 16.5. The van der Waals surface area contributed by atoms with Crippen molar-refractivity contribution >= 4 is 17.4 Å². The third-order valence-electron chi connectivity index (χ3n) is 4.70. The lowest BCUT2D eigenvalue weighted by molar-refractivity contribution is 0.262. The average Bonchev–Trinajstić information content (AvgIpc) is 3.14. The standard InChI is InChI=1S/C21H23N5O2/c1-2-28-18-8-4-3-7-17(18)23-21(27)22-16-12-10-15(11-13-16)20-25-24-19-9-5-6-14-26(19)20/h3-4,7-8,10-13H,2,5-6,9,14H2,1H3,(H2,22,23,27). The molecule has 7 nitrogen and oxygen atoms in total. The van der Waals surface area contributed by atoms with Crippen LogP contribution in [0.1, 0.15) is 25.6 Å². The molecule has 7 heteroatoms. The van der Waals surface area contributed by atoms with E-state index in [9.17, 15) is 4.79 Å². The maximum atomic E-state index is 12.3. The van der Waals surface area contributed by atoms with E-state index < -0.39 is 0 Å². The molecule has 2 heterocycles. The predicted molar refractivity (Wildman–Crippen MR) is 109 cm³/mol. The van der Waals surface area contributed by atoms with Gasteiger partial charge in [0.1, 0.15) is 11.6 Å². The van der Waals surface area contributed by atoms with Crippen molar-refractivity contribution in [1.82, 2.24) is 14.8 Å². The van der Waals surface area contributed by atoms with Crippen LogP contribution in [0.4, 0.5) is 16.2 Å². The zero-order valence-electron chi connectivity index (χ0n) is 15.8. The number of nitrogens with one attached hydrogen (secondary N) is 2. The van der Waals surface area contributed by atoms with Gasteiger partial charge in [-0.2, -0.15) is 0 Å². The molecule has 0 unspecified atom stereocenters. The second-order valence-corrected chi connectivity index (χ2v) is 6.63. The third kappa shape index (κ3) is 3.83. The lowest BCUT2D eigenvalue weighted by Crippen LogP contribution is -2.19. The lowest BCUT2D eigenvalue weighted by atomic mass is 10.1. The average molecular weight is 377 g/mol. The Kier molecular flexibility index (Phi) is 5.23. The number of hydrogen-bond acceptors (Lipinski definition) is 4. The summed E-state index contributed by atoms with van der Waals surface area (Å²) < 4.78 is 7.72. The quantitative estimate of drug-likeness (QED) is 0.694. The minimum absolute atomic E-state index is 0.320. The Labute approximate surface area is 163 Å². The van der Waals surface area contributed by atoms with E-state index in [1.54, 1.807) is 0 Å². The normalized spacial score (nSPS) is 12.9. The molecule has 1 aliphatic heterocycles. The topological polar surface area (TPSA) is 81.1 Å². The fourth-order valence-corrected chi connectivity index (χ4v) is 3.36. The number of hydrogen-bond donors (Lipinski definition) is 2. The number of nitrogens with zero attached hydrogens (tertiary/aromatic N) is 3. The smallest absolute Gasteiger partial charge is 0.323 e. The number of fused-ring (bicyclic) bond motifs is 1. The van der Waals surface area contributed by atoms with Gasteiger partial charge in [-0.25, -0.2) is 4.79 Å². The molecule has 0 fully saturated rings. The molecule has 1 aliphatic rings. The van der Waals surface area contributed by atoms with Crippen molar-refractivity contribution in [3.05, 3.63) is 54.4 Å². The van der Waals surface area contributed by atoms with Crippen molar-refractivity contribution in [3.8, 4) is 17.1 Å². The van der Waals surface area contributed by atoms with Gasteiger partial charge in [0.2, 0.25) is 0 Å². The van der Waals surface area contributed by atoms with Gasteiger partial charge in [0.25, 0.3) is 0 Å². The first-order valence-electron chi connectivity index (χ1n) is 9.57. The van der Waals surface area contributed by atoms with Crippen LogP contribution in [0, 0.1) is 0 Å². The molecular formula is C21H23N5O2. The number of urea groups is 1. The molecule has 4 rings (SSSR count). The Morgan fingerprint density at radius 3 is 2.71 bits per heavy atom. The van der Waals surface area contributed by atoms with Crippen molar-refractivity contribution in [2.75, 3.05) is 17.2 Å². The molecule has 0 saturated carbocycles. The molecular weight excluding hydrogens is 354 g/mol. The fraction of sp³-hybridized carbons (Fsp3) is 0.286. The molecule has 0 spiro atoms. The molecule has 0 atom stereocenters. The molecule has 2 amide bonds. The molecule has 2 aromatic carbocycles. The maximum Gasteiger partial charge on any atom is 0.323 e. The van der Waals surface area contributed by atoms with Crippen molar-refractivity contribution < 1.29 is 9.53 Å². The van der Waals surface area contributed by atoms with Crippen LogP contribution < -0.4 is 15.4 Å². The van der Waals surface area contributed by atoms with Gasteiger partial charge < -0.3 is 19.9 Å². The van der Waals surface area contributed by atoms with Crippen LogP contribution >= 0.6 is 0 Å². The van der Waals surface area contributed by atoms with E-state index in [-0.39, 0.29) is 6.03 Å². The van der Waals surface area contributed by atoms with Crippen LogP contribution in [0.25, 0.3) is 11.4 Å². The number of benzene rings is 2. The number of para-hydroxylation sites is 2. The zero-order chi connectivity index (χ0) is 19.3. The first-order valence-corrected chi connectivity index (χ1v) is 9.57. The Balaban J connectivity index is 1.44. The summed E-state index contributed by atoms with van der Waals surface area (Å²) in [5.74, 6) is 2.58. The summed E-state index contributed by atoms with van der Waals surface area (Å²) in [6, 6.07) is 14.7. The largest absolute Gasteiger partial charge is 0.492 e. The Morgan fingerprint density at radius 2 is 1.89 bits per heavy atom. The van der Waals surface area contributed by atoms with Crippen LogP contribution in [0.3, 0.4) is 0 Å². The van der Waals surface area contributed by atoms with Gasteiger partial charge in [0.05, 0.1) is 12.3 Å². The fourth-order valence-electron chi connectivity index (χ4n) is 3.36. The van der Waals surface area contributed by atoms with Gasteiger partial charge in [0.15, 0.2) is 5.82 Å². The molecule has 0 aliphatic carbocycles. The summed E-state index contributed by atoms with van der Waals surface area (Å²) >= 11 is 0. The SMILES string of the molecule is CCOc1ccccc1NC(=O)Nc1ccc(-c2nnc3n2CCCC3)cc1. The van der Waals surface area contributed by atoms with Crippen LogP contribution in [0.15, 0.2) is 48.5 Å². The number of amides is 2. The van der Waals surface area contributed by atoms with Crippen LogP contribution in [-0.2, 0) is 13.0 Å². The zero-order valence-corrected chi connectivity index (χ0v) is 15.8. The van der Waals surface area contributed by atoms with Crippen LogP contribution in [0.5, 0.6) is 5.75 Å². The molecule has 0 bridgehead atoms. The molecule has 1 aromatic heterocycles. The summed E-state index contributed by atoms with van der Waals surface area (Å²) in [7, 11) is 0. The second-order valence-electron chi connectivity index (χ2n) is 6.63. The van der Waals surface area contributed by atoms with E-state index in [2.05, 4.69) is 25.4 Å². The lowest BCUT2D eigenvalue weighted by Gasteiger charge is -2.15. The minimum atomic E-state index is -0.320. The number of carbonyl (C=O) groups excluding carboxylic acids is 1. The van der Waals surface area contributed by atoms with Crippen LogP contribution in [0.2, 0.25) is 0 Å². The number of ether oxygens (including phenoxy) is 1. The molecule has 3 aromatic rings. The third-order valence-corrected chi connectivity index (χ3v) is 4.70. The number of carbonyl (C=O) groups is 1. The van der Waals surface area contributed by atoms with Gasteiger partial charge in [-0.15, -0.1) is 10.2 Å². The molecule has 144 valence electrons. The van der Waals surface area contributed by atoms with Crippen LogP contribution in [-0.4, -0.2) is 27.4 Å². The van der Waals surface area contributed by atoms with Crippen molar-refractivity contribution in [2.45, 2.75) is 32.7 Å². The van der Waals surface area contributed by atoms with E-state index in [0.717, 1.165) is 36.6 Å². The van der Waals surface area contributed by atoms with Gasteiger partial charge in [-0.1, -0.05) is 12.1 Å². The molecule has 0 radical (unpaired) electrons. The first-order chi connectivity index (χ1) is 13.7. The van der Waals surface area contributed by atoms with Crippen molar-refractivity contribution in [2.24, 2.45) is 0 Å². The van der Waals surface area contributed by atoms with E-state index in [0.29, 0.717) is 23.7 Å². The van der Waals surface area contributed by atoms with E-state index in [1.165, 1.54) is 6.42 Å². The number of aryl methyl sites for hydroxylation is 1. The van der Waals surface area contributed by atoms with E-state index in [1.807, 2.05) is 55.5 Å². The van der Waals surface area contributed by atoms with Crippen molar-refractivity contribution in [3.63, 3.8) is 0 Å². The Morgan fingerprint density at radius 1 is 1.07 bits per heavy atom. The second kappa shape index (κ2) is 8.12. The van der Waals surface area contributed by atoms with E-state index in [4.69, 9.17) is 4.74 Å². The molecule has 28 heavy (non-hydrogen) atoms. The summed E-state index contributed by atoms with van der Waals surface area (Å²) in [6.07, 6.45) is 3.31. The molecule has 2 N–H and O–H groups in total. The number of aromatic nitrogens is 3. The highest BCUT2D eigenvalue weighted by Gasteiger charge is 2.17. The van der Waals surface area contributed by atoms with Gasteiger partial charge in [0, 0.05) is 24.2 Å². The Hall–Kier alpha value is -3.35. The van der Waals surface area contributed by atoms with E-state index >= 15 is 0 Å². The highest BCUT2D eigenvalue weighted by molar-refractivity contribution is 6.00. The highest BCUT2D eigenvalue weighted by Crippen LogP contribution is 2.25. The van der Waals surface area contributed by atoms with Crippen molar-refractivity contribution in [1.29, 1.82) is 0 Å². The summed E-state index contributed by atoms with van der Waals surface area (Å²) in [5, 5.41) is 14.3. The predicted octanol–water partition coefficient (Wildman–Crippen LogP) is 4.32. The summed E-state index contributed by atoms with van der Waals surface area (Å²) in [4.78, 5) is 12.3.